The van der Waals surface area contributed by atoms with E-state index in [9.17, 15) is 45.6 Å². The third-order valence-electron chi connectivity index (χ3n) is 14.8. The maximum absolute atomic E-state index is 13.3. The number of hydrogen-bond donors (Lipinski definition) is 9. The van der Waals surface area contributed by atoms with Crippen molar-refractivity contribution in [1.29, 1.82) is 0 Å². The largest absolute Gasteiger partial charge is 0.394 e. The summed E-state index contributed by atoms with van der Waals surface area (Å²) in [5, 5.41) is 87.2. The number of aliphatic hydroxyl groups excluding tert-OH is 8. The van der Waals surface area contributed by atoms with Gasteiger partial charge in [0, 0.05) is 6.42 Å². The van der Waals surface area contributed by atoms with Gasteiger partial charge < -0.3 is 65.1 Å². The minimum absolute atomic E-state index is 0.201. The summed E-state index contributed by atoms with van der Waals surface area (Å²) in [6.45, 7) is 2.89. The van der Waals surface area contributed by atoms with Crippen LogP contribution in [-0.4, -0.2) is 140 Å². The number of ether oxygens (including phenoxy) is 4. The fourth-order valence-corrected chi connectivity index (χ4v) is 10.1. The van der Waals surface area contributed by atoms with Gasteiger partial charge in [-0.25, -0.2) is 0 Å². The molecule has 0 aliphatic carbocycles. The van der Waals surface area contributed by atoms with Gasteiger partial charge in [-0.05, 0) is 12.8 Å². The highest BCUT2D eigenvalue weighted by Gasteiger charge is 2.51. The molecule has 0 aromatic heterocycles. The number of rotatable bonds is 47. The van der Waals surface area contributed by atoms with Crippen molar-refractivity contribution in [3.8, 4) is 0 Å². The average Bonchev–Trinajstić information content (AvgIpc) is 3.36. The summed E-state index contributed by atoms with van der Waals surface area (Å²) in [6.07, 6.45) is 29.5. The Kier molecular flexibility index (Phi) is 40.2. The predicted molar refractivity (Wildman–Crippen MR) is 277 cm³/mol. The van der Waals surface area contributed by atoms with Crippen LogP contribution in [0.5, 0.6) is 0 Å². The minimum Gasteiger partial charge on any atom is -0.394 e. The average molecular weight is 1000 g/mol. The van der Waals surface area contributed by atoms with Crippen molar-refractivity contribution in [2.45, 2.75) is 331 Å². The van der Waals surface area contributed by atoms with E-state index in [4.69, 9.17) is 18.9 Å². The first-order chi connectivity index (χ1) is 34.1. The van der Waals surface area contributed by atoms with Crippen molar-refractivity contribution >= 4 is 5.91 Å². The van der Waals surface area contributed by atoms with Crippen molar-refractivity contribution in [1.82, 2.24) is 5.32 Å². The molecule has 2 rings (SSSR count). The van der Waals surface area contributed by atoms with Gasteiger partial charge in [0.05, 0.1) is 32.0 Å². The van der Waals surface area contributed by atoms with Crippen LogP contribution in [0.1, 0.15) is 258 Å². The van der Waals surface area contributed by atoms with Crippen LogP contribution in [0.4, 0.5) is 0 Å². The molecule has 2 aliphatic rings. The molecule has 70 heavy (non-hydrogen) atoms. The lowest BCUT2D eigenvalue weighted by Crippen LogP contribution is -2.65. The number of carbonyl (C=O) groups is 1. The third kappa shape index (κ3) is 29.2. The van der Waals surface area contributed by atoms with Crippen LogP contribution in [-0.2, 0) is 23.7 Å². The monoisotopic (exact) mass is 1000 g/mol. The van der Waals surface area contributed by atoms with Gasteiger partial charge in [0.2, 0.25) is 5.91 Å². The lowest BCUT2D eigenvalue weighted by molar-refractivity contribution is -0.359. The van der Waals surface area contributed by atoms with Crippen LogP contribution < -0.4 is 5.32 Å². The molecule has 14 nitrogen and oxygen atoms in total. The van der Waals surface area contributed by atoms with Crippen molar-refractivity contribution in [2.75, 3.05) is 19.8 Å². The second-order valence-electron chi connectivity index (χ2n) is 21.1. The quantitative estimate of drug-likeness (QED) is 0.0259. The second kappa shape index (κ2) is 43.3. The standard InChI is InChI=1S/C56H109NO13/c1-3-5-7-9-11-13-15-17-19-21-22-23-24-26-28-30-32-34-36-38-40-48(61)57-44(45(60)39-37-35-33-31-29-27-25-20-18-16-14-12-10-8-6-4-2)43-67-55-53(66)51(64)54(47(42-59)69-55)70-56-52(65)50(63)49(62)46(41-58)68-56/h44-47,49-56,58-60,62-66H,3-43H2,1-2H3,(H,57,61). The van der Waals surface area contributed by atoms with Crippen molar-refractivity contribution in [3.05, 3.63) is 0 Å². The van der Waals surface area contributed by atoms with Crippen LogP contribution in [0.15, 0.2) is 0 Å². The molecule has 0 aromatic carbocycles. The molecule has 12 unspecified atom stereocenters. The Morgan fingerprint density at radius 3 is 1.21 bits per heavy atom. The zero-order chi connectivity index (χ0) is 51.0. The molecule has 0 radical (unpaired) electrons. The molecule has 0 saturated carbocycles. The van der Waals surface area contributed by atoms with Crippen molar-refractivity contribution in [2.24, 2.45) is 0 Å². The highest BCUT2D eigenvalue weighted by molar-refractivity contribution is 5.76. The van der Waals surface area contributed by atoms with Gasteiger partial charge in [-0.1, -0.05) is 239 Å². The number of carbonyl (C=O) groups excluding carboxylic acids is 1. The highest BCUT2D eigenvalue weighted by atomic mass is 16.7. The van der Waals surface area contributed by atoms with Gasteiger partial charge in [0.1, 0.15) is 48.8 Å². The molecule has 2 heterocycles. The predicted octanol–water partition coefficient (Wildman–Crippen LogP) is 9.34. The van der Waals surface area contributed by atoms with Crippen molar-refractivity contribution < 1.29 is 64.6 Å². The van der Waals surface area contributed by atoms with E-state index in [-0.39, 0.29) is 12.5 Å². The van der Waals surface area contributed by atoms with E-state index in [0.29, 0.717) is 12.8 Å². The summed E-state index contributed by atoms with van der Waals surface area (Å²) in [5.74, 6) is -0.201. The first-order valence-electron chi connectivity index (χ1n) is 29.3. The van der Waals surface area contributed by atoms with Gasteiger partial charge in [0.15, 0.2) is 12.6 Å². The van der Waals surface area contributed by atoms with E-state index in [1.165, 1.54) is 180 Å². The Labute approximate surface area is 425 Å². The van der Waals surface area contributed by atoms with E-state index in [1.54, 1.807) is 0 Å². The van der Waals surface area contributed by atoms with Gasteiger partial charge in [-0.2, -0.15) is 0 Å². The summed E-state index contributed by atoms with van der Waals surface area (Å²) < 4.78 is 22.8. The Morgan fingerprint density at radius 1 is 0.457 bits per heavy atom. The lowest BCUT2D eigenvalue weighted by atomic mass is 9.97. The SMILES string of the molecule is CCCCCCCCCCCCCCCCCCCCCCC(=O)NC(COC1OC(CO)C(OC2OC(CO)C(O)C(O)C2O)C(O)C1O)C(O)CCCCCCCCCCCCCCCCCC. The number of unbranched alkanes of at least 4 members (excludes halogenated alkanes) is 34. The number of aliphatic hydroxyl groups is 8. The molecule has 2 aliphatic heterocycles. The first-order valence-corrected chi connectivity index (χ1v) is 29.3. The highest BCUT2D eigenvalue weighted by Crippen LogP contribution is 2.30. The van der Waals surface area contributed by atoms with E-state index >= 15 is 0 Å². The normalized spacial score (nSPS) is 25.9. The van der Waals surface area contributed by atoms with Gasteiger partial charge >= 0.3 is 0 Å². The second-order valence-corrected chi connectivity index (χ2v) is 21.1. The summed E-state index contributed by atoms with van der Waals surface area (Å²) in [7, 11) is 0. The Morgan fingerprint density at radius 2 is 0.814 bits per heavy atom. The van der Waals surface area contributed by atoms with Crippen molar-refractivity contribution in [3.63, 3.8) is 0 Å². The first kappa shape index (κ1) is 65.1. The zero-order valence-electron chi connectivity index (χ0n) is 44.5. The lowest BCUT2D eigenvalue weighted by Gasteiger charge is -2.46. The molecule has 14 heteroatoms. The number of nitrogens with one attached hydrogen (secondary N) is 1. The molecular formula is C56H109NO13. The molecular weight excluding hydrogens is 895 g/mol. The summed E-state index contributed by atoms with van der Waals surface area (Å²) in [6, 6.07) is -0.822. The molecule has 0 bridgehead atoms. The number of hydrogen-bond acceptors (Lipinski definition) is 13. The molecule has 9 N–H and O–H groups in total. The zero-order valence-corrected chi connectivity index (χ0v) is 44.5. The minimum atomic E-state index is -1.78. The van der Waals surface area contributed by atoms with E-state index in [2.05, 4.69) is 19.2 Å². The van der Waals surface area contributed by atoms with Gasteiger partial charge in [-0.3, -0.25) is 4.79 Å². The topological polar surface area (TPSA) is 228 Å². The Hall–Kier alpha value is -1.01. The fourth-order valence-electron chi connectivity index (χ4n) is 10.1. The fraction of sp³-hybridized carbons (Fsp3) is 0.982. The van der Waals surface area contributed by atoms with E-state index in [1.807, 2.05) is 0 Å². The van der Waals surface area contributed by atoms with Crippen LogP contribution in [0.3, 0.4) is 0 Å². The summed E-state index contributed by atoms with van der Waals surface area (Å²) >= 11 is 0. The summed E-state index contributed by atoms with van der Waals surface area (Å²) in [4.78, 5) is 13.3. The molecule has 1 amide bonds. The Bertz CT molecular complexity index is 1180. The molecule has 2 saturated heterocycles. The molecule has 0 aromatic rings. The summed E-state index contributed by atoms with van der Waals surface area (Å²) in [5.41, 5.74) is 0. The maximum atomic E-state index is 13.3. The van der Waals surface area contributed by atoms with Gasteiger partial charge in [0.25, 0.3) is 0 Å². The van der Waals surface area contributed by atoms with Crippen LogP contribution in [0.25, 0.3) is 0 Å². The van der Waals surface area contributed by atoms with Crippen LogP contribution in [0, 0.1) is 0 Å². The molecule has 0 spiro atoms. The smallest absolute Gasteiger partial charge is 0.220 e. The third-order valence-corrected chi connectivity index (χ3v) is 14.8. The Balaban J connectivity index is 1.76. The van der Waals surface area contributed by atoms with Crippen LogP contribution >= 0.6 is 0 Å². The van der Waals surface area contributed by atoms with E-state index < -0.39 is 86.8 Å². The van der Waals surface area contributed by atoms with Crippen LogP contribution in [0.2, 0.25) is 0 Å². The van der Waals surface area contributed by atoms with E-state index in [0.717, 1.165) is 51.4 Å². The molecule has 2 fully saturated rings. The molecule has 12 atom stereocenters. The van der Waals surface area contributed by atoms with Gasteiger partial charge in [-0.15, -0.1) is 0 Å². The maximum Gasteiger partial charge on any atom is 0.220 e. The molecule has 416 valence electrons. The number of amides is 1.